The second kappa shape index (κ2) is 6.20. The highest BCUT2D eigenvalue weighted by atomic mass is 19.4. The van der Waals surface area contributed by atoms with Crippen molar-refractivity contribution >= 4 is 5.91 Å². The lowest BCUT2D eigenvalue weighted by atomic mass is 10.1. The van der Waals surface area contributed by atoms with Crippen LogP contribution < -0.4 is 5.32 Å². The maximum absolute atomic E-state index is 11.8. The molecule has 100 valence electrons. The molecule has 1 unspecified atom stereocenters. The number of piperazine rings is 1. The lowest BCUT2D eigenvalue weighted by Gasteiger charge is -2.32. The number of hydrogen-bond acceptors (Lipinski definition) is 3. The highest BCUT2D eigenvalue weighted by Crippen LogP contribution is 2.14. The number of ether oxygens (including phenoxy) is 1. The third-order valence-electron chi connectivity index (χ3n) is 2.56. The normalized spacial score (nSPS) is 22.0. The summed E-state index contributed by atoms with van der Waals surface area (Å²) in [6, 6.07) is -0.216. The van der Waals surface area contributed by atoms with E-state index in [4.69, 9.17) is 0 Å². The Kier molecular flexibility index (Phi) is 5.20. The van der Waals surface area contributed by atoms with Crippen molar-refractivity contribution in [2.75, 3.05) is 32.8 Å². The molecule has 0 aliphatic carbocycles. The van der Waals surface area contributed by atoms with Crippen LogP contribution in [0.15, 0.2) is 0 Å². The van der Waals surface area contributed by atoms with Crippen LogP contribution >= 0.6 is 0 Å². The van der Waals surface area contributed by atoms with Crippen molar-refractivity contribution in [3.05, 3.63) is 0 Å². The Hall–Kier alpha value is -0.820. The fourth-order valence-corrected chi connectivity index (χ4v) is 1.70. The van der Waals surface area contributed by atoms with Gasteiger partial charge in [0.1, 0.15) is 6.61 Å². The molecular formula is C10H17F3N2O2. The van der Waals surface area contributed by atoms with Crippen molar-refractivity contribution in [2.45, 2.75) is 25.6 Å². The number of carbonyl (C=O) groups excluding carboxylic acids is 1. The Morgan fingerprint density at radius 2 is 2.24 bits per heavy atom. The molecule has 1 N–H and O–H groups in total. The van der Waals surface area contributed by atoms with Crippen molar-refractivity contribution in [3.63, 3.8) is 0 Å². The minimum Gasteiger partial charge on any atom is -0.370 e. The Morgan fingerprint density at radius 3 is 2.82 bits per heavy atom. The number of hydrogen-bond donors (Lipinski definition) is 1. The predicted molar refractivity (Wildman–Crippen MR) is 55.5 cm³/mol. The zero-order valence-electron chi connectivity index (χ0n) is 9.72. The van der Waals surface area contributed by atoms with E-state index < -0.39 is 12.8 Å². The van der Waals surface area contributed by atoms with Crippen LogP contribution in [0.1, 0.15) is 13.3 Å². The van der Waals surface area contributed by atoms with Crippen molar-refractivity contribution in [3.8, 4) is 0 Å². The second-order valence-electron chi connectivity index (χ2n) is 3.91. The van der Waals surface area contributed by atoms with Crippen LogP contribution in [0.25, 0.3) is 0 Å². The molecule has 4 nitrogen and oxygen atoms in total. The van der Waals surface area contributed by atoms with E-state index in [1.807, 2.05) is 6.92 Å². The molecule has 17 heavy (non-hydrogen) atoms. The highest BCUT2D eigenvalue weighted by molar-refractivity contribution is 5.82. The molecule has 0 aromatic carbocycles. The van der Waals surface area contributed by atoms with Gasteiger partial charge in [0.2, 0.25) is 5.91 Å². The zero-order valence-corrected chi connectivity index (χ0v) is 9.72. The molecule has 1 saturated heterocycles. The van der Waals surface area contributed by atoms with E-state index in [1.54, 1.807) is 4.90 Å². The van der Waals surface area contributed by atoms with Gasteiger partial charge in [-0.3, -0.25) is 4.79 Å². The number of rotatable bonds is 5. The molecule has 0 aromatic heterocycles. The van der Waals surface area contributed by atoms with E-state index >= 15 is 0 Å². The quantitative estimate of drug-likeness (QED) is 0.737. The maximum atomic E-state index is 11.8. The third kappa shape index (κ3) is 4.91. The molecule has 7 heteroatoms. The standard InChI is InChI=1S/C10H17F3N2O2/c1-2-8-9(16)15(4-3-14-8)5-6-17-7-10(11,12)13/h8,14H,2-7H2,1H3. The molecule has 0 spiro atoms. The van der Waals surface area contributed by atoms with E-state index in [0.717, 1.165) is 0 Å². The topological polar surface area (TPSA) is 41.6 Å². The molecule has 1 aliphatic rings. The zero-order chi connectivity index (χ0) is 12.9. The van der Waals surface area contributed by atoms with Crippen LogP contribution in [0, 0.1) is 0 Å². The lowest BCUT2D eigenvalue weighted by Crippen LogP contribution is -2.55. The number of alkyl halides is 3. The van der Waals surface area contributed by atoms with Crippen LogP contribution in [0.2, 0.25) is 0 Å². The number of halogens is 3. The van der Waals surface area contributed by atoms with Gasteiger partial charge in [0.05, 0.1) is 12.6 Å². The first-order valence-corrected chi connectivity index (χ1v) is 5.60. The van der Waals surface area contributed by atoms with E-state index in [-0.39, 0.29) is 25.1 Å². The fourth-order valence-electron chi connectivity index (χ4n) is 1.70. The molecule has 1 atom stereocenters. The van der Waals surface area contributed by atoms with E-state index in [2.05, 4.69) is 10.1 Å². The molecule has 1 amide bonds. The summed E-state index contributed by atoms with van der Waals surface area (Å²) in [4.78, 5) is 13.3. The van der Waals surface area contributed by atoms with Gasteiger partial charge < -0.3 is 15.0 Å². The van der Waals surface area contributed by atoms with E-state index in [1.165, 1.54) is 0 Å². The Bertz CT molecular complexity index is 258. The van der Waals surface area contributed by atoms with Gasteiger partial charge in [0.15, 0.2) is 0 Å². The van der Waals surface area contributed by atoms with Crippen molar-refractivity contribution in [2.24, 2.45) is 0 Å². The minimum absolute atomic E-state index is 0.0608. The molecule has 1 fully saturated rings. The molecule has 0 radical (unpaired) electrons. The summed E-state index contributed by atoms with van der Waals surface area (Å²) >= 11 is 0. The summed E-state index contributed by atoms with van der Waals surface area (Å²) in [5, 5.41) is 3.05. The van der Waals surface area contributed by atoms with Gasteiger partial charge in [-0.15, -0.1) is 0 Å². The lowest BCUT2D eigenvalue weighted by molar-refractivity contribution is -0.175. The van der Waals surface area contributed by atoms with Crippen molar-refractivity contribution < 1.29 is 22.7 Å². The van der Waals surface area contributed by atoms with Crippen LogP contribution in [0.4, 0.5) is 13.2 Å². The predicted octanol–water partition coefficient (Wildman–Crippen LogP) is 0.776. The molecule has 0 aromatic rings. The fraction of sp³-hybridized carbons (Fsp3) is 0.900. The van der Waals surface area contributed by atoms with Gasteiger partial charge in [-0.25, -0.2) is 0 Å². The number of carbonyl (C=O) groups is 1. The second-order valence-corrected chi connectivity index (χ2v) is 3.91. The van der Waals surface area contributed by atoms with E-state index in [9.17, 15) is 18.0 Å². The first-order valence-electron chi connectivity index (χ1n) is 5.60. The summed E-state index contributed by atoms with van der Waals surface area (Å²) in [7, 11) is 0. The monoisotopic (exact) mass is 254 g/mol. The summed E-state index contributed by atoms with van der Waals surface area (Å²) < 4.78 is 39.9. The SMILES string of the molecule is CCC1NCCN(CCOCC(F)(F)F)C1=O. The van der Waals surface area contributed by atoms with Gasteiger partial charge in [0, 0.05) is 19.6 Å². The summed E-state index contributed by atoms with van der Waals surface area (Å²) in [5.74, 6) is -0.0608. The van der Waals surface area contributed by atoms with Crippen LogP contribution in [-0.4, -0.2) is 55.9 Å². The average Bonchev–Trinajstić information content (AvgIpc) is 2.25. The number of nitrogens with one attached hydrogen (secondary N) is 1. The molecule has 0 bridgehead atoms. The third-order valence-corrected chi connectivity index (χ3v) is 2.56. The van der Waals surface area contributed by atoms with Gasteiger partial charge in [-0.05, 0) is 6.42 Å². The van der Waals surface area contributed by atoms with Gasteiger partial charge >= 0.3 is 6.18 Å². The smallest absolute Gasteiger partial charge is 0.370 e. The summed E-state index contributed by atoms with van der Waals surface area (Å²) in [6.45, 7) is 1.95. The van der Waals surface area contributed by atoms with Gasteiger partial charge in [-0.1, -0.05) is 6.92 Å². The van der Waals surface area contributed by atoms with Gasteiger partial charge in [0.25, 0.3) is 0 Å². The van der Waals surface area contributed by atoms with Crippen LogP contribution in [0.5, 0.6) is 0 Å². The first-order chi connectivity index (χ1) is 7.94. The van der Waals surface area contributed by atoms with Gasteiger partial charge in [-0.2, -0.15) is 13.2 Å². The average molecular weight is 254 g/mol. The molecule has 1 heterocycles. The molecule has 1 rings (SSSR count). The largest absolute Gasteiger partial charge is 0.411 e. The Morgan fingerprint density at radius 1 is 1.53 bits per heavy atom. The summed E-state index contributed by atoms with van der Waals surface area (Å²) in [5.41, 5.74) is 0. The highest BCUT2D eigenvalue weighted by Gasteiger charge is 2.29. The van der Waals surface area contributed by atoms with Crippen LogP contribution in [0.3, 0.4) is 0 Å². The minimum atomic E-state index is -4.31. The maximum Gasteiger partial charge on any atom is 0.411 e. The molecule has 0 saturated carbocycles. The summed E-state index contributed by atoms with van der Waals surface area (Å²) in [6.07, 6.45) is -3.63. The van der Waals surface area contributed by atoms with Crippen LogP contribution in [-0.2, 0) is 9.53 Å². The van der Waals surface area contributed by atoms with Crippen molar-refractivity contribution in [1.82, 2.24) is 10.2 Å². The van der Waals surface area contributed by atoms with Crippen molar-refractivity contribution in [1.29, 1.82) is 0 Å². The van der Waals surface area contributed by atoms with E-state index in [0.29, 0.717) is 19.5 Å². The first kappa shape index (κ1) is 14.2. The molecule has 1 aliphatic heterocycles. The molecular weight excluding hydrogens is 237 g/mol. The Balaban J connectivity index is 2.24. The Labute approximate surface area is 98.1 Å². The number of nitrogens with zero attached hydrogens (tertiary/aromatic N) is 1. The number of amides is 1.